The monoisotopic (exact) mass is 248 g/mol. The smallest absolute Gasteiger partial charge is 0.257 e. The Kier molecular flexibility index (Phi) is 4.90. The average Bonchev–Trinajstić information content (AvgIpc) is 2.75. The van der Waals surface area contributed by atoms with Crippen molar-refractivity contribution >= 4 is 5.91 Å². The summed E-state index contributed by atoms with van der Waals surface area (Å²) in [6.45, 7) is 6.78. The summed E-state index contributed by atoms with van der Waals surface area (Å²) in [6.07, 6.45) is 2.48. The lowest BCUT2D eigenvalue weighted by atomic mass is 10.1. The van der Waals surface area contributed by atoms with Crippen LogP contribution in [0.5, 0.6) is 0 Å². The van der Waals surface area contributed by atoms with Crippen LogP contribution in [0.4, 0.5) is 0 Å². The summed E-state index contributed by atoms with van der Waals surface area (Å²) in [5.74, 6) is -0.194. The van der Waals surface area contributed by atoms with E-state index in [9.17, 15) is 4.79 Å². The van der Waals surface area contributed by atoms with E-state index < -0.39 is 0 Å². The Morgan fingerprint density at radius 1 is 1.61 bits per heavy atom. The first-order valence-corrected chi connectivity index (χ1v) is 6.24. The van der Waals surface area contributed by atoms with E-state index in [2.05, 4.69) is 11.2 Å². The molecule has 0 aliphatic rings. The van der Waals surface area contributed by atoms with Crippen molar-refractivity contribution in [3.8, 4) is 6.07 Å². The van der Waals surface area contributed by atoms with Gasteiger partial charge in [-0.3, -0.25) is 9.48 Å². The number of aromatic nitrogens is 2. The summed E-state index contributed by atoms with van der Waals surface area (Å²) in [5, 5.41) is 13.1. The zero-order chi connectivity index (χ0) is 13.7. The SMILES string of the molecule is CCc1nn(C)cc1C(=O)N(CC)CC(C)C#N. The summed E-state index contributed by atoms with van der Waals surface area (Å²) < 4.78 is 1.66. The van der Waals surface area contributed by atoms with Crippen molar-refractivity contribution in [2.45, 2.75) is 27.2 Å². The highest BCUT2D eigenvalue weighted by molar-refractivity contribution is 5.95. The lowest BCUT2D eigenvalue weighted by Crippen LogP contribution is -2.34. The van der Waals surface area contributed by atoms with E-state index >= 15 is 0 Å². The first-order valence-electron chi connectivity index (χ1n) is 6.24. The van der Waals surface area contributed by atoms with E-state index in [1.807, 2.05) is 27.8 Å². The maximum Gasteiger partial charge on any atom is 0.257 e. The fourth-order valence-electron chi connectivity index (χ4n) is 1.87. The van der Waals surface area contributed by atoms with E-state index in [1.54, 1.807) is 15.8 Å². The fourth-order valence-corrected chi connectivity index (χ4v) is 1.87. The van der Waals surface area contributed by atoms with Crippen LogP contribution in [0.25, 0.3) is 0 Å². The molecule has 5 heteroatoms. The Balaban J connectivity index is 2.93. The first kappa shape index (κ1) is 14.2. The number of carbonyl (C=O) groups is 1. The van der Waals surface area contributed by atoms with Crippen LogP contribution in [0.2, 0.25) is 0 Å². The molecule has 1 heterocycles. The summed E-state index contributed by atoms with van der Waals surface area (Å²) >= 11 is 0. The minimum atomic E-state index is -0.157. The van der Waals surface area contributed by atoms with Gasteiger partial charge >= 0.3 is 0 Å². The third-order valence-electron chi connectivity index (χ3n) is 2.85. The molecule has 98 valence electrons. The van der Waals surface area contributed by atoms with Crippen molar-refractivity contribution in [1.29, 1.82) is 5.26 Å². The lowest BCUT2D eigenvalue weighted by molar-refractivity contribution is 0.0751. The van der Waals surface area contributed by atoms with Crippen LogP contribution in [0.15, 0.2) is 6.20 Å². The van der Waals surface area contributed by atoms with Crippen molar-refractivity contribution in [2.24, 2.45) is 13.0 Å². The van der Waals surface area contributed by atoms with E-state index in [-0.39, 0.29) is 11.8 Å². The summed E-state index contributed by atoms with van der Waals surface area (Å²) in [5.41, 5.74) is 1.46. The van der Waals surface area contributed by atoms with Crippen LogP contribution in [0, 0.1) is 17.2 Å². The van der Waals surface area contributed by atoms with Gasteiger partial charge in [0.05, 0.1) is 23.2 Å². The number of nitrogens with zero attached hydrogens (tertiary/aromatic N) is 4. The van der Waals surface area contributed by atoms with Crippen LogP contribution in [-0.4, -0.2) is 33.7 Å². The van der Waals surface area contributed by atoms with E-state index in [0.29, 0.717) is 18.7 Å². The number of rotatable bonds is 5. The molecule has 1 atom stereocenters. The minimum Gasteiger partial charge on any atom is -0.338 e. The van der Waals surface area contributed by atoms with Crippen LogP contribution < -0.4 is 0 Å². The molecule has 0 saturated heterocycles. The van der Waals surface area contributed by atoms with E-state index in [0.717, 1.165) is 12.1 Å². The topological polar surface area (TPSA) is 61.9 Å². The van der Waals surface area contributed by atoms with Gasteiger partial charge < -0.3 is 4.90 Å². The van der Waals surface area contributed by atoms with Crippen molar-refractivity contribution < 1.29 is 4.79 Å². The molecule has 0 radical (unpaired) electrons. The van der Waals surface area contributed by atoms with Crippen LogP contribution in [0.3, 0.4) is 0 Å². The van der Waals surface area contributed by atoms with E-state index in [4.69, 9.17) is 5.26 Å². The highest BCUT2D eigenvalue weighted by Crippen LogP contribution is 2.12. The molecule has 0 N–H and O–H groups in total. The molecule has 1 aromatic rings. The van der Waals surface area contributed by atoms with E-state index in [1.165, 1.54) is 0 Å². The Hall–Kier alpha value is -1.83. The van der Waals surface area contributed by atoms with Gasteiger partial charge in [0.1, 0.15) is 0 Å². The molecule has 1 aromatic heterocycles. The number of carbonyl (C=O) groups excluding carboxylic acids is 1. The van der Waals surface area contributed by atoms with Crippen molar-refractivity contribution in [2.75, 3.05) is 13.1 Å². The Morgan fingerprint density at radius 3 is 2.78 bits per heavy atom. The maximum atomic E-state index is 12.4. The molecular formula is C13H20N4O. The Bertz CT molecular complexity index is 458. The van der Waals surface area contributed by atoms with Crippen LogP contribution in [-0.2, 0) is 13.5 Å². The normalized spacial score (nSPS) is 11.9. The average molecular weight is 248 g/mol. The highest BCUT2D eigenvalue weighted by atomic mass is 16.2. The largest absolute Gasteiger partial charge is 0.338 e. The number of hydrogen-bond acceptors (Lipinski definition) is 3. The molecule has 18 heavy (non-hydrogen) atoms. The molecule has 0 aromatic carbocycles. The van der Waals surface area contributed by atoms with Gasteiger partial charge in [0.15, 0.2) is 0 Å². The molecule has 1 rings (SSSR count). The zero-order valence-corrected chi connectivity index (χ0v) is 11.5. The molecule has 0 aliphatic carbocycles. The predicted molar refractivity (Wildman–Crippen MR) is 68.9 cm³/mol. The Labute approximate surface area is 108 Å². The quantitative estimate of drug-likeness (QED) is 0.795. The summed E-state index contributed by atoms with van der Waals surface area (Å²) in [4.78, 5) is 14.1. The lowest BCUT2D eigenvalue weighted by Gasteiger charge is -2.21. The standard InChI is InChI=1S/C13H20N4O/c1-5-12-11(9-16(4)15-12)13(18)17(6-2)8-10(3)7-14/h9-10H,5-6,8H2,1-4H3. The molecule has 0 bridgehead atoms. The van der Waals surface area contributed by atoms with Gasteiger partial charge in [-0.05, 0) is 20.3 Å². The second-order valence-corrected chi connectivity index (χ2v) is 4.39. The fraction of sp³-hybridized carbons (Fsp3) is 0.615. The van der Waals surface area contributed by atoms with Gasteiger partial charge in [0, 0.05) is 26.3 Å². The predicted octanol–water partition coefficient (Wildman–Crippen LogP) is 1.60. The van der Waals surface area contributed by atoms with Crippen LogP contribution >= 0.6 is 0 Å². The number of nitriles is 1. The minimum absolute atomic E-state index is 0.0375. The molecule has 1 unspecified atom stereocenters. The number of amides is 1. The third-order valence-corrected chi connectivity index (χ3v) is 2.85. The molecule has 0 saturated carbocycles. The van der Waals surface area contributed by atoms with Crippen molar-refractivity contribution in [3.05, 3.63) is 17.5 Å². The van der Waals surface area contributed by atoms with Gasteiger partial charge in [-0.2, -0.15) is 10.4 Å². The molecule has 5 nitrogen and oxygen atoms in total. The second-order valence-electron chi connectivity index (χ2n) is 4.39. The second kappa shape index (κ2) is 6.20. The summed E-state index contributed by atoms with van der Waals surface area (Å²) in [7, 11) is 1.81. The maximum absolute atomic E-state index is 12.4. The number of aryl methyl sites for hydroxylation is 2. The number of hydrogen-bond donors (Lipinski definition) is 0. The molecule has 0 aliphatic heterocycles. The van der Waals surface area contributed by atoms with Gasteiger partial charge in [0.25, 0.3) is 5.91 Å². The van der Waals surface area contributed by atoms with Crippen molar-refractivity contribution in [1.82, 2.24) is 14.7 Å². The molecule has 1 amide bonds. The van der Waals surface area contributed by atoms with Gasteiger partial charge in [-0.15, -0.1) is 0 Å². The highest BCUT2D eigenvalue weighted by Gasteiger charge is 2.21. The zero-order valence-electron chi connectivity index (χ0n) is 11.5. The van der Waals surface area contributed by atoms with Crippen LogP contribution in [0.1, 0.15) is 36.8 Å². The van der Waals surface area contributed by atoms with Gasteiger partial charge in [0.2, 0.25) is 0 Å². The first-order chi connectivity index (χ1) is 8.53. The van der Waals surface area contributed by atoms with Gasteiger partial charge in [-0.1, -0.05) is 6.92 Å². The Morgan fingerprint density at radius 2 is 2.28 bits per heavy atom. The molecule has 0 spiro atoms. The van der Waals surface area contributed by atoms with Crippen molar-refractivity contribution in [3.63, 3.8) is 0 Å². The molecule has 0 fully saturated rings. The third kappa shape index (κ3) is 3.10. The summed E-state index contributed by atoms with van der Waals surface area (Å²) in [6, 6.07) is 2.16. The molecular weight excluding hydrogens is 228 g/mol. The van der Waals surface area contributed by atoms with Gasteiger partial charge in [-0.25, -0.2) is 0 Å².